The van der Waals surface area contributed by atoms with Crippen molar-refractivity contribution in [2.24, 2.45) is 5.92 Å². The summed E-state index contributed by atoms with van der Waals surface area (Å²) in [5.41, 5.74) is 2.20. The number of rotatable bonds is 4. The Labute approximate surface area is 107 Å². The minimum atomic E-state index is -0.488. The molecule has 0 radical (unpaired) electrons. The molecule has 1 heterocycles. The summed E-state index contributed by atoms with van der Waals surface area (Å²) in [5, 5.41) is 15.6. The number of nitrogens with one attached hydrogen (secondary N) is 2. The highest BCUT2D eigenvalue weighted by molar-refractivity contribution is 5.87. The van der Waals surface area contributed by atoms with Crippen LogP contribution in [0.15, 0.2) is 24.3 Å². The van der Waals surface area contributed by atoms with E-state index in [1.54, 1.807) is 0 Å². The molecule has 1 aromatic carbocycles. The molecule has 4 heteroatoms. The molecular weight excluding hydrogens is 228 g/mol. The molecule has 18 heavy (non-hydrogen) atoms. The molecule has 98 valence electrons. The van der Waals surface area contributed by atoms with Crippen LogP contribution < -0.4 is 10.6 Å². The first-order valence-corrected chi connectivity index (χ1v) is 6.38. The van der Waals surface area contributed by atoms with Crippen molar-refractivity contribution in [3.8, 4) is 0 Å². The largest absolute Gasteiger partial charge is 0.391 e. The second kappa shape index (κ2) is 5.40. The van der Waals surface area contributed by atoms with Gasteiger partial charge in [0.15, 0.2) is 0 Å². The number of hydrogen-bond donors (Lipinski definition) is 3. The maximum Gasteiger partial charge on any atom is 0.242 e. The van der Waals surface area contributed by atoms with E-state index < -0.39 is 6.10 Å². The van der Waals surface area contributed by atoms with Crippen molar-refractivity contribution < 1.29 is 9.90 Å². The second-order valence-corrected chi connectivity index (χ2v) is 5.11. The van der Waals surface area contributed by atoms with Gasteiger partial charge in [0.1, 0.15) is 6.04 Å². The van der Waals surface area contributed by atoms with Crippen molar-refractivity contribution in [1.82, 2.24) is 5.32 Å². The van der Waals surface area contributed by atoms with Crippen molar-refractivity contribution in [1.29, 1.82) is 0 Å². The molecular formula is C14H20N2O2. The molecule has 4 nitrogen and oxygen atoms in total. The van der Waals surface area contributed by atoms with Crippen molar-refractivity contribution in [2.75, 3.05) is 11.9 Å². The van der Waals surface area contributed by atoms with Crippen LogP contribution in [0, 0.1) is 5.92 Å². The maximum atomic E-state index is 12.0. The average molecular weight is 248 g/mol. The highest BCUT2D eigenvalue weighted by Gasteiger charge is 2.26. The first-order valence-electron chi connectivity index (χ1n) is 6.38. The Hall–Kier alpha value is -1.55. The predicted molar refractivity (Wildman–Crippen MR) is 71.4 cm³/mol. The van der Waals surface area contributed by atoms with Crippen LogP contribution >= 0.6 is 0 Å². The summed E-state index contributed by atoms with van der Waals surface area (Å²) in [5.74, 6) is 0.102. The van der Waals surface area contributed by atoms with Gasteiger partial charge in [-0.15, -0.1) is 0 Å². The van der Waals surface area contributed by atoms with Gasteiger partial charge in [0.25, 0.3) is 0 Å². The quantitative estimate of drug-likeness (QED) is 0.749. The van der Waals surface area contributed by atoms with Crippen LogP contribution in [0.1, 0.15) is 19.4 Å². The van der Waals surface area contributed by atoms with Gasteiger partial charge < -0.3 is 15.7 Å². The first-order chi connectivity index (χ1) is 8.58. The summed E-state index contributed by atoms with van der Waals surface area (Å²) in [6.45, 7) is 4.17. The molecule has 0 bridgehead atoms. The fraction of sp³-hybridized carbons (Fsp3) is 0.500. The summed E-state index contributed by atoms with van der Waals surface area (Å²) >= 11 is 0. The van der Waals surface area contributed by atoms with Gasteiger partial charge in [0, 0.05) is 18.7 Å². The number of aliphatic hydroxyl groups excluding tert-OH is 1. The van der Waals surface area contributed by atoms with Gasteiger partial charge in [-0.25, -0.2) is 0 Å². The van der Waals surface area contributed by atoms with Gasteiger partial charge in [0.05, 0.1) is 6.10 Å². The van der Waals surface area contributed by atoms with E-state index in [1.807, 2.05) is 38.1 Å². The molecule has 2 unspecified atom stereocenters. The molecule has 1 aromatic rings. The van der Waals surface area contributed by atoms with E-state index in [0.29, 0.717) is 13.0 Å². The number of carbonyl (C=O) groups is 1. The lowest BCUT2D eigenvalue weighted by Gasteiger charge is -2.17. The molecule has 1 amide bonds. The number of aliphatic hydroxyl groups is 1. The Bertz CT molecular complexity index is 407. The summed E-state index contributed by atoms with van der Waals surface area (Å²) in [4.78, 5) is 12.0. The lowest BCUT2D eigenvalue weighted by molar-refractivity contribution is -0.122. The zero-order valence-corrected chi connectivity index (χ0v) is 10.8. The van der Waals surface area contributed by atoms with Crippen molar-refractivity contribution in [3.05, 3.63) is 29.8 Å². The molecule has 0 saturated heterocycles. The van der Waals surface area contributed by atoms with Gasteiger partial charge in [-0.05, 0) is 17.5 Å². The zero-order chi connectivity index (χ0) is 13.1. The molecule has 0 aliphatic carbocycles. The van der Waals surface area contributed by atoms with Crippen LogP contribution in [0.3, 0.4) is 0 Å². The molecule has 2 rings (SSSR count). The smallest absolute Gasteiger partial charge is 0.242 e. The highest BCUT2D eigenvalue weighted by Crippen LogP contribution is 2.24. The van der Waals surface area contributed by atoms with E-state index in [0.717, 1.165) is 5.69 Å². The van der Waals surface area contributed by atoms with Crippen LogP contribution in [0.25, 0.3) is 0 Å². The van der Waals surface area contributed by atoms with Gasteiger partial charge in [-0.3, -0.25) is 4.79 Å². The number of carbonyl (C=O) groups excluding carboxylic acids is 1. The standard InChI is InChI=1S/C14H20N2O2/c1-9(2)13(17)8-15-14(18)12-7-10-5-3-4-6-11(10)16-12/h3-6,9,12-13,16-17H,7-8H2,1-2H3,(H,15,18). The molecule has 0 saturated carbocycles. The Balaban J connectivity index is 1.86. The highest BCUT2D eigenvalue weighted by atomic mass is 16.3. The van der Waals surface area contributed by atoms with Crippen molar-refractivity contribution in [3.63, 3.8) is 0 Å². The molecule has 3 N–H and O–H groups in total. The SMILES string of the molecule is CC(C)C(O)CNC(=O)C1Cc2ccccc2N1. The minimum Gasteiger partial charge on any atom is -0.391 e. The predicted octanol–water partition coefficient (Wildman–Crippen LogP) is 1.16. The zero-order valence-electron chi connectivity index (χ0n) is 10.8. The van der Waals surface area contributed by atoms with Crippen LogP contribution in [-0.4, -0.2) is 29.7 Å². The Morgan fingerprint density at radius 2 is 2.22 bits per heavy atom. The third-order valence-electron chi connectivity index (χ3n) is 3.34. The van der Waals surface area contributed by atoms with Gasteiger partial charge >= 0.3 is 0 Å². The number of anilines is 1. The molecule has 0 fully saturated rings. The van der Waals surface area contributed by atoms with Crippen molar-refractivity contribution >= 4 is 11.6 Å². The molecule has 0 aromatic heterocycles. The number of fused-ring (bicyclic) bond motifs is 1. The number of amides is 1. The van der Waals surface area contributed by atoms with Gasteiger partial charge in [-0.1, -0.05) is 32.0 Å². The van der Waals surface area contributed by atoms with Crippen LogP contribution in [-0.2, 0) is 11.2 Å². The monoisotopic (exact) mass is 248 g/mol. The first kappa shape index (κ1) is 12.9. The van der Waals surface area contributed by atoms with E-state index in [-0.39, 0.29) is 17.9 Å². The minimum absolute atomic E-state index is 0.0501. The Morgan fingerprint density at radius 3 is 2.89 bits per heavy atom. The molecule has 1 aliphatic heterocycles. The van der Waals surface area contributed by atoms with Gasteiger partial charge in [0.2, 0.25) is 5.91 Å². The molecule has 2 atom stereocenters. The van der Waals surface area contributed by atoms with E-state index >= 15 is 0 Å². The fourth-order valence-electron chi connectivity index (χ4n) is 2.02. The topological polar surface area (TPSA) is 61.4 Å². The number of hydrogen-bond acceptors (Lipinski definition) is 3. The van der Waals surface area contributed by atoms with Crippen LogP contribution in [0.2, 0.25) is 0 Å². The van der Waals surface area contributed by atoms with E-state index in [9.17, 15) is 9.90 Å². The summed E-state index contributed by atoms with van der Waals surface area (Å²) in [6, 6.07) is 7.71. The molecule has 0 spiro atoms. The van der Waals surface area contributed by atoms with Crippen LogP contribution in [0.5, 0.6) is 0 Å². The fourth-order valence-corrected chi connectivity index (χ4v) is 2.02. The van der Waals surface area contributed by atoms with Crippen LogP contribution in [0.4, 0.5) is 5.69 Å². The molecule has 1 aliphatic rings. The lowest BCUT2D eigenvalue weighted by Crippen LogP contribution is -2.42. The Morgan fingerprint density at radius 1 is 1.50 bits per heavy atom. The summed E-state index contributed by atoms with van der Waals surface area (Å²) in [7, 11) is 0. The Kier molecular flexibility index (Phi) is 3.87. The third-order valence-corrected chi connectivity index (χ3v) is 3.34. The lowest BCUT2D eigenvalue weighted by atomic mass is 10.1. The number of benzene rings is 1. The van der Waals surface area contributed by atoms with Gasteiger partial charge in [-0.2, -0.15) is 0 Å². The number of para-hydroxylation sites is 1. The van der Waals surface area contributed by atoms with E-state index in [2.05, 4.69) is 10.6 Å². The third kappa shape index (κ3) is 2.82. The summed E-state index contributed by atoms with van der Waals surface area (Å²) in [6.07, 6.45) is 0.220. The maximum absolute atomic E-state index is 12.0. The second-order valence-electron chi connectivity index (χ2n) is 5.11. The van der Waals surface area contributed by atoms with E-state index in [4.69, 9.17) is 0 Å². The average Bonchev–Trinajstić information content (AvgIpc) is 2.79. The van der Waals surface area contributed by atoms with Crippen molar-refractivity contribution in [2.45, 2.75) is 32.4 Å². The normalized spacial score (nSPS) is 19.2. The van der Waals surface area contributed by atoms with E-state index in [1.165, 1.54) is 5.56 Å². The summed E-state index contributed by atoms with van der Waals surface area (Å²) < 4.78 is 0.